The fraction of sp³-hybridized carbons (Fsp3) is 0.286. The van der Waals surface area contributed by atoms with Crippen molar-refractivity contribution in [2.75, 3.05) is 32.5 Å². The average molecular weight is 392 g/mol. The van der Waals surface area contributed by atoms with Crippen molar-refractivity contribution in [2.45, 2.75) is 6.54 Å². The Morgan fingerprint density at radius 3 is 2.66 bits per heavy atom. The summed E-state index contributed by atoms with van der Waals surface area (Å²) >= 11 is 0. The van der Waals surface area contributed by atoms with E-state index in [1.807, 2.05) is 42.9 Å². The monoisotopic (exact) mass is 392 g/mol. The number of aromatic nitrogens is 4. The number of aromatic amines is 1. The molecule has 2 N–H and O–H groups in total. The van der Waals surface area contributed by atoms with Gasteiger partial charge in [-0.3, -0.25) is 18.9 Å². The number of hydrogen-bond acceptors (Lipinski definition) is 5. The normalized spacial score (nSPS) is 11.6. The van der Waals surface area contributed by atoms with Gasteiger partial charge in [0.05, 0.1) is 6.54 Å². The Kier molecular flexibility index (Phi) is 4.94. The molecule has 0 saturated heterocycles. The van der Waals surface area contributed by atoms with Crippen LogP contribution in [0.25, 0.3) is 21.9 Å². The summed E-state index contributed by atoms with van der Waals surface area (Å²) in [7, 11) is 5.60. The van der Waals surface area contributed by atoms with Crippen LogP contribution in [0.4, 0.5) is 5.95 Å². The number of H-pyrrole nitrogens is 1. The van der Waals surface area contributed by atoms with Gasteiger partial charge in [0.15, 0.2) is 11.2 Å². The summed E-state index contributed by atoms with van der Waals surface area (Å²) < 4.78 is 3.22. The number of likely N-dealkylation sites (N-methyl/N-ethyl adjacent to an activating group) is 1. The van der Waals surface area contributed by atoms with Gasteiger partial charge in [-0.2, -0.15) is 4.98 Å². The maximum atomic E-state index is 12.7. The second-order valence-corrected chi connectivity index (χ2v) is 7.38. The molecule has 0 atom stereocenters. The molecule has 0 unspecified atom stereocenters. The number of fused-ring (bicyclic) bond motifs is 2. The molecule has 0 saturated carbocycles. The SMILES string of the molecule is CN(C)CCNc1nc2c(c(=O)[nH]c(=O)n2C)n1Cc1cccc2ccccc12. The van der Waals surface area contributed by atoms with Crippen molar-refractivity contribution in [2.24, 2.45) is 7.05 Å². The van der Waals surface area contributed by atoms with E-state index in [1.165, 1.54) is 4.57 Å². The highest BCUT2D eigenvalue weighted by Crippen LogP contribution is 2.23. The molecule has 0 spiro atoms. The Morgan fingerprint density at radius 1 is 1.10 bits per heavy atom. The summed E-state index contributed by atoms with van der Waals surface area (Å²) in [5.41, 5.74) is 0.915. The summed E-state index contributed by atoms with van der Waals surface area (Å²) in [6.45, 7) is 1.94. The summed E-state index contributed by atoms with van der Waals surface area (Å²) in [4.78, 5) is 33.7. The van der Waals surface area contributed by atoms with Gasteiger partial charge in [-0.05, 0) is 30.4 Å². The van der Waals surface area contributed by atoms with Crippen LogP contribution in [0.5, 0.6) is 0 Å². The number of rotatable bonds is 6. The molecule has 0 aliphatic heterocycles. The number of hydrogen-bond donors (Lipinski definition) is 2. The first-order chi connectivity index (χ1) is 14.0. The number of imidazole rings is 1. The largest absolute Gasteiger partial charge is 0.354 e. The van der Waals surface area contributed by atoms with E-state index < -0.39 is 11.2 Å². The Morgan fingerprint density at radius 2 is 1.86 bits per heavy atom. The molecule has 2 aromatic heterocycles. The average Bonchev–Trinajstić information content (AvgIpc) is 3.05. The van der Waals surface area contributed by atoms with E-state index in [0.717, 1.165) is 22.9 Å². The summed E-state index contributed by atoms with van der Waals surface area (Å²) in [5.74, 6) is 0.571. The summed E-state index contributed by atoms with van der Waals surface area (Å²) in [5, 5.41) is 5.58. The van der Waals surface area contributed by atoms with Gasteiger partial charge in [0.25, 0.3) is 5.56 Å². The van der Waals surface area contributed by atoms with Gasteiger partial charge in [-0.15, -0.1) is 0 Å². The number of anilines is 1. The number of nitrogens with one attached hydrogen (secondary N) is 2. The van der Waals surface area contributed by atoms with Gasteiger partial charge in [0.2, 0.25) is 5.95 Å². The molecule has 0 bridgehead atoms. The Hall–Kier alpha value is -3.39. The fourth-order valence-corrected chi connectivity index (χ4v) is 3.52. The van der Waals surface area contributed by atoms with Crippen LogP contribution in [0, 0.1) is 0 Å². The maximum absolute atomic E-state index is 12.7. The lowest BCUT2D eigenvalue weighted by atomic mass is 10.0. The number of benzene rings is 2. The van der Waals surface area contributed by atoms with E-state index in [0.29, 0.717) is 30.2 Å². The van der Waals surface area contributed by atoms with Gasteiger partial charge in [0.1, 0.15) is 0 Å². The van der Waals surface area contributed by atoms with Crippen molar-refractivity contribution < 1.29 is 0 Å². The molecular weight excluding hydrogens is 368 g/mol. The lowest BCUT2D eigenvalue weighted by Gasteiger charge is -2.14. The molecule has 4 rings (SSSR count). The van der Waals surface area contributed by atoms with Crippen molar-refractivity contribution in [1.82, 2.24) is 24.0 Å². The Bertz CT molecular complexity index is 1290. The van der Waals surface area contributed by atoms with Crippen LogP contribution in [0.3, 0.4) is 0 Å². The van der Waals surface area contributed by atoms with Gasteiger partial charge < -0.3 is 10.2 Å². The topological polar surface area (TPSA) is 88.0 Å². The molecule has 0 radical (unpaired) electrons. The predicted molar refractivity (Wildman–Crippen MR) is 116 cm³/mol. The third-order valence-corrected chi connectivity index (χ3v) is 5.06. The van der Waals surface area contributed by atoms with E-state index in [9.17, 15) is 9.59 Å². The Labute approximate surface area is 167 Å². The lowest BCUT2D eigenvalue weighted by Crippen LogP contribution is -2.29. The third-order valence-electron chi connectivity index (χ3n) is 5.06. The van der Waals surface area contributed by atoms with Crippen LogP contribution in [-0.2, 0) is 13.6 Å². The zero-order valence-corrected chi connectivity index (χ0v) is 16.8. The molecule has 0 amide bonds. The van der Waals surface area contributed by atoms with Crippen LogP contribution in [-0.4, -0.2) is 51.2 Å². The predicted octanol–water partition coefficient (Wildman–Crippen LogP) is 1.60. The van der Waals surface area contributed by atoms with Crippen molar-refractivity contribution in [3.05, 3.63) is 68.9 Å². The standard InChI is InChI=1S/C21H24N6O2/c1-25(2)12-11-22-20-23-18-17(19(28)24-21(29)26(18)3)27(20)13-15-9-6-8-14-7-4-5-10-16(14)15/h4-10H,11-13H2,1-3H3,(H,22,23)(H,24,28,29). The second-order valence-electron chi connectivity index (χ2n) is 7.38. The maximum Gasteiger partial charge on any atom is 0.329 e. The van der Waals surface area contributed by atoms with Gasteiger partial charge in [0, 0.05) is 20.1 Å². The molecule has 8 heteroatoms. The quantitative estimate of drug-likeness (QED) is 0.520. The molecular formula is C21H24N6O2. The van der Waals surface area contributed by atoms with Gasteiger partial charge in [-0.1, -0.05) is 42.5 Å². The van der Waals surface area contributed by atoms with Gasteiger partial charge in [-0.25, -0.2) is 4.79 Å². The van der Waals surface area contributed by atoms with Crippen LogP contribution in [0.1, 0.15) is 5.56 Å². The first kappa shape index (κ1) is 18.9. The minimum Gasteiger partial charge on any atom is -0.354 e. The highest BCUT2D eigenvalue weighted by atomic mass is 16.2. The van der Waals surface area contributed by atoms with E-state index in [4.69, 9.17) is 0 Å². The van der Waals surface area contributed by atoms with Crippen molar-refractivity contribution in [1.29, 1.82) is 0 Å². The molecule has 4 aromatic rings. The Balaban J connectivity index is 1.87. The highest BCUT2D eigenvalue weighted by Gasteiger charge is 2.18. The first-order valence-electron chi connectivity index (χ1n) is 9.50. The third kappa shape index (κ3) is 3.54. The lowest BCUT2D eigenvalue weighted by molar-refractivity contribution is 0.424. The molecule has 2 heterocycles. The number of aryl methyl sites for hydroxylation is 1. The molecule has 150 valence electrons. The second kappa shape index (κ2) is 7.56. The molecule has 0 fully saturated rings. The molecule has 0 aliphatic carbocycles. The molecule has 0 aliphatic rings. The van der Waals surface area contributed by atoms with Crippen LogP contribution >= 0.6 is 0 Å². The van der Waals surface area contributed by atoms with Crippen LogP contribution < -0.4 is 16.6 Å². The van der Waals surface area contributed by atoms with E-state index in [-0.39, 0.29) is 0 Å². The van der Waals surface area contributed by atoms with Crippen LogP contribution in [0.2, 0.25) is 0 Å². The van der Waals surface area contributed by atoms with Crippen LogP contribution in [0.15, 0.2) is 52.1 Å². The van der Waals surface area contributed by atoms with E-state index >= 15 is 0 Å². The molecule has 29 heavy (non-hydrogen) atoms. The van der Waals surface area contributed by atoms with E-state index in [1.54, 1.807) is 7.05 Å². The number of nitrogens with zero attached hydrogens (tertiary/aromatic N) is 4. The zero-order valence-electron chi connectivity index (χ0n) is 16.8. The van der Waals surface area contributed by atoms with E-state index in [2.05, 4.69) is 38.4 Å². The zero-order chi connectivity index (χ0) is 20.5. The molecule has 8 nitrogen and oxygen atoms in total. The highest BCUT2D eigenvalue weighted by molar-refractivity contribution is 5.86. The molecule has 2 aromatic carbocycles. The summed E-state index contributed by atoms with van der Waals surface area (Å²) in [6.07, 6.45) is 0. The summed E-state index contributed by atoms with van der Waals surface area (Å²) in [6, 6.07) is 14.3. The minimum atomic E-state index is -0.475. The van der Waals surface area contributed by atoms with Gasteiger partial charge >= 0.3 is 5.69 Å². The minimum absolute atomic E-state index is 0.367. The fourth-order valence-electron chi connectivity index (χ4n) is 3.52. The van der Waals surface area contributed by atoms with Crippen molar-refractivity contribution in [3.63, 3.8) is 0 Å². The van der Waals surface area contributed by atoms with Crippen molar-refractivity contribution in [3.8, 4) is 0 Å². The first-order valence-corrected chi connectivity index (χ1v) is 9.50. The smallest absolute Gasteiger partial charge is 0.329 e. The van der Waals surface area contributed by atoms with Crippen molar-refractivity contribution >= 4 is 27.9 Å².